The number of benzene rings is 7. The number of para-hydroxylation sites is 1. The lowest BCUT2D eigenvalue weighted by Gasteiger charge is -2.25. The van der Waals surface area contributed by atoms with E-state index in [1.54, 1.807) is 0 Å². The van der Waals surface area contributed by atoms with Crippen LogP contribution in [0, 0.1) is 0 Å². The van der Waals surface area contributed by atoms with E-state index < -0.39 is 0 Å². The third kappa shape index (κ3) is 3.97. The van der Waals surface area contributed by atoms with Gasteiger partial charge in [-0.1, -0.05) is 109 Å². The lowest BCUT2D eigenvalue weighted by molar-refractivity contribution is 1.29. The van der Waals surface area contributed by atoms with E-state index in [0.717, 1.165) is 17.1 Å². The zero-order chi connectivity index (χ0) is 28.3. The fourth-order valence-corrected chi connectivity index (χ4v) is 8.93. The third-order valence-corrected chi connectivity index (χ3v) is 10.9. The van der Waals surface area contributed by atoms with Crippen LogP contribution >= 0.6 is 22.7 Å². The first kappa shape index (κ1) is 24.6. The standard InChI is InChI=1S/C40H25NS2/c1-2-10-28(11-3-1)41(30-22-24-34-36-23-19-26-9-4-5-12-31(26)40(36)43-38(34)25-30)29-20-17-27(18-21-29)32-14-8-15-35-33-13-6-7-16-37(33)42-39(32)35/h1-25H. The fourth-order valence-electron chi connectivity index (χ4n) is 6.42. The summed E-state index contributed by atoms with van der Waals surface area (Å²) in [4.78, 5) is 2.37. The summed E-state index contributed by atoms with van der Waals surface area (Å²) in [5, 5.41) is 7.93. The van der Waals surface area contributed by atoms with Crippen molar-refractivity contribution < 1.29 is 0 Å². The number of rotatable bonds is 4. The number of nitrogens with zero attached hydrogens (tertiary/aromatic N) is 1. The van der Waals surface area contributed by atoms with E-state index >= 15 is 0 Å². The van der Waals surface area contributed by atoms with Gasteiger partial charge in [0.15, 0.2) is 0 Å². The SMILES string of the molecule is c1ccc(N(c2ccc(-c3cccc4c3sc3ccccc34)cc2)c2ccc3c(c2)sc2c4ccccc4ccc32)cc1. The Morgan fingerprint density at radius 3 is 1.88 bits per heavy atom. The van der Waals surface area contributed by atoms with Crippen LogP contribution in [0.5, 0.6) is 0 Å². The molecule has 2 heterocycles. The minimum atomic E-state index is 1.14. The van der Waals surface area contributed by atoms with Crippen LogP contribution in [-0.2, 0) is 0 Å². The molecule has 0 spiro atoms. The molecule has 9 rings (SSSR count). The Morgan fingerprint density at radius 2 is 1.00 bits per heavy atom. The molecule has 0 saturated carbocycles. The number of fused-ring (bicyclic) bond motifs is 8. The van der Waals surface area contributed by atoms with Crippen LogP contribution in [0.2, 0.25) is 0 Å². The van der Waals surface area contributed by atoms with Crippen molar-refractivity contribution >= 4 is 90.9 Å². The molecular weight excluding hydrogens is 559 g/mol. The van der Waals surface area contributed by atoms with Gasteiger partial charge in [0.1, 0.15) is 0 Å². The molecule has 0 aliphatic rings. The van der Waals surface area contributed by atoms with Gasteiger partial charge in [-0.2, -0.15) is 0 Å². The number of anilines is 3. The number of hydrogen-bond acceptors (Lipinski definition) is 3. The van der Waals surface area contributed by atoms with Gasteiger partial charge in [0.05, 0.1) is 0 Å². The molecule has 0 atom stereocenters. The zero-order valence-corrected chi connectivity index (χ0v) is 24.8. The van der Waals surface area contributed by atoms with Gasteiger partial charge >= 0.3 is 0 Å². The van der Waals surface area contributed by atoms with Crippen LogP contribution in [0.25, 0.3) is 62.2 Å². The van der Waals surface area contributed by atoms with E-state index in [-0.39, 0.29) is 0 Å². The van der Waals surface area contributed by atoms with Crippen LogP contribution in [-0.4, -0.2) is 0 Å². The third-order valence-electron chi connectivity index (χ3n) is 8.46. The van der Waals surface area contributed by atoms with Gasteiger partial charge in [-0.3, -0.25) is 0 Å². The van der Waals surface area contributed by atoms with Gasteiger partial charge < -0.3 is 4.90 Å². The quantitative estimate of drug-likeness (QED) is 0.199. The highest BCUT2D eigenvalue weighted by Gasteiger charge is 2.16. The van der Waals surface area contributed by atoms with Crippen LogP contribution in [0.15, 0.2) is 152 Å². The fraction of sp³-hybridized carbons (Fsp3) is 0. The Balaban J connectivity index is 1.17. The second-order valence-corrected chi connectivity index (χ2v) is 13.0. The maximum atomic E-state index is 2.37. The minimum Gasteiger partial charge on any atom is -0.310 e. The first-order valence-electron chi connectivity index (χ1n) is 14.5. The lowest BCUT2D eigenvalue weighted by atomic mass is 10.0. The van der Waals surface area contributed by atoms with Crippen LogP contribution in [0.1, 0.15) is 0 Å². The van der Waals surface area contributed by atoms with E-state index in [9.17, 15) is 0 Å². The summed E-state index contributed by atoms with van der Waals surface area (Å²) < 4.78 is 5.34. The van der Waals surface area contributed by atoms with Crippen molar-refractivity contribution in [1.82, 2.24) is 0 Å². The summed E-state index contributed by atoms with van der Waals surface area (Å²) >= 11 is 3.77. The zero-order valence-electron chi connectivity index (χ0n) is 23.2. The molecule has 9 aromatic rings. The average Bonchev–Trinajstić information content (AvgIpc) is 3.64. The summed E-state index contributed by atoms with van der Waals surface area (Å²) in [5.74, 6) is 0. The van der Waals surface area contributed by atoms with Gasteiger partial charge in [0.2, 0.25) is 0 Å². The Hall–Kier alpha value is -4.96. The minimum absolute atomic E-state index is 1.14. The summed E-state index contributed by atoms with van der Waals surface area (Å²) in [6.07, 6.45) is 0. The van der Waals surface area contributed by atoms with Crippen molar-refractivity contribution in [2.75, 3.05) is 4.90 Å². The second kappa shape index (κ2) is 9.81. The maximum absolute atomic E-state index is 2.37. The number of hydrogen-bond donors (Lipinski definition) is 0. The topological polar surface area (TPSA) is 3.24 Å². The molecule has 0 unspecified atom stereocenters. The largest absolute Gasteiger partial charge is 0.310 e. The molecule has 202 valence electrons. The monoisotopic (exact) mass is 583 g/mol. The van der Waals surface area contributed by atoms with Gasteiger partial charge in [0, 0.05) is 57.4 Å². The first-order valence-corrected chi connectivity index (χ1v) is 16.1. The van der Waals surface area contributed by atoms with Crippen molar-refractivity contribution in [3.05, 3.63) is 152 Å². The summed E-state index contributed by atoms with van der Waals surface area (Å²) in [6.45, 7) is 0. The van der Waals surface area contributed by atoms with Crippen molar-refractivity contribution in [2.24, 2.45) is 0 Å². The predicted octanol–water partition coefficient (Wildman–Crippen LogP) is 12.7. The van der Waals surface area contributed by atoms with E-state index in [0.29, 0.717) is 0 Å². The van der Waals surface area contributed by atoms with Gasteiger partial charge in [-0.25, -0.2) is 0 Å². The molecule has 43 heavy (non-hydrogen) atoms. The highest BCUT2D eigenvalue weighted by Crippen LogP contribution is 2.44. The van der Waals surface area contributed by atoms with E-state index in [4.69, 9.17) is 0 Å². The molecule has 1 nitrogen and oxygen atoms in total. The van der Waals surface area contributed by atoms with Crippen LogP contribution < -0.4 is 4.90 Å². The molecule has 7 aromatic carbocycles. The molecule has 2 aromatic heterocycles. The highest BCUT2D eigenvalue weighted by molar-refractivity contribution is 7.27. The van der Waals surface area contributed by atoms with Gasteiger partial charge in [-0.05, 0) is 64.4 Å². The molecule has 0 aliphatic heterocycles. The molecule has 3 heteroatoms. The molecular formula is C40H25NS2. The Kier molecular flexibility index (Phi) is 5.62. The molecule has 0 radical (unpaired) electrons. The first-order chi connectivity index (χ1) is 21.3. The molecule has 0 aliphatic carbocycles. The molecule has 0 amide bonds. The Labute approximate surface area is 257 Å². The van der Waals surface area contributed by atoms with Crippen LogP contribution in [0.3, 0.4) is 0 Å². The Bertz CT molecular complexity index is 2450. The summed E-state index contributed by atoms with van der Waals surface area (Å²) in [6, 6.07) is 55.3. The molecule has 0 N–H and O–H groups in total. The van der Waals surface area contributed by atoms with Crippen molar-refractivity contribution in [1.29, 1.82) is 0 Å². The normalized spacial score (nSPS) is 11.7. The van der Waals surface area contributed by atoms with Crippen molar-refractivity contribution in [3.8, 4) is 11.1 Å². The molecule has 0 saturated heterocycles. The van der Waals surface area contributed by atoms with Crippen molar-refractivity contribution in [3.63, 3.8) is 0 Å². The van der Waals surface area contributed by atoms with Gasteiger partial charge in [0.25, 0.3) is 0 Å². The van der Waals surface area contributed by atoms with E-state index in [1.165, 1.54) is 62.2 Å². The predicted molar refractivity (Wildman–Crippen MR) is 190 cm³/mol. The van der Waals surface area contributed by atoms with E-state index in [2.05, 4.69) is 157 Å². The summed E-state index contributed by atoms with van der Waals surface area (Å²) in [5.41, 5.74) is 5.97. The second-order valence-electron chi connectivity index (χ2n) is 10.9. The van der Waals surface area contributed by atoms with Crippen molar-refractivity contribution in [2.45, 2.75) is 0 Å². The van der Waals surface area contributed by atoms with Gasteiger partial charge in [-0.15, -0.1) is 22.7 Å². The highest BCUT2D eigenvalue weighted by atomic mass is 32.1. The average molecular weight is 584 g/mol. The molecule has 0 bridgehead atoms. The Morgan fingerprint density at radius 1 is 0.372 bits per heavy atom. The van der Waals surface area contributed by atoms with Crippen LogP contribution in [0.4, 0.5) is 17.1 Å². The van der Waals surface area contributed by atoms with E-state index in [1.807, 2.05) is 22.7 Å². The maximum Gasteiger partial charge on any atom is 0.0476 e. The number of thiophene rings is 2. The summed E-state index contributed by atoms with van der Waals surface area (Å²) in [7, 11) is 0. The smallest absolute Gasteiger partial charge is 0.0476 e. The molecule has 0 fully saturated rings. The lowest BCUT2D eigenvalue weighted by Crippen LogP contribution is -2.09.